The predicted octanol–water partition coefficient (Wildman–Crippen LogP) is 1.55. The number of carbonyl (C=O) groups is 1. The largest absolute Gasteiger partial charge is 0.281 e. The Morgan fingerprint density at radius 2 is 2.14 bits per heavy atom. The van der Waals surface area contributed by atoms with E-state index in [4.69, 9.17) is 11.6 Å². The van der Waals surface area contributed by atoms with Crippen molar-refractivity contribution < 1.29 is 4.79 Å². The van der Waals surface area contributed by atoms with Crippen LogP contribution >= 0.6 is 11.6 Å². The van der Waals surface area contributed by atoms with E-state index in [1.807, 2.05) is 0 Å². The van der Waals surface area contributed by atoms with Gasteiger partial charge < -0.3 is 0 Å². The van der Waals surface area contributed by atoms with Crippen molar-refractivity contribution in [3.05, 3.63) is 0 Å². The van der Waals surface area contributed by atoms with Gasteiger partial charge in [0.25, 0.3) is 0 Å². The van der Waals surface area contributed by atoms with Crippen molar-refractivity contribution in [1.82, 2.24) is 0 Å². The molecular formula is C5H7ClO. The fourth-order valence-electron chi connectivity index (χ4n) is 0.635. The Balaban J connectivity index is 2.27. The summed E-state index contributed by atoms with van der Waals surface area (Å²) in [5, 5.41) is -0.147. The highest BCUT2D eigenvalue weighted by Crippen LogP contribution is 2.27. The van der Waals surface area contributed by atoms with Crippen molar-refractivity contribution in [2.75, 3.05) is 0 Å². The van der Waals surface area contributed by atoms with Crippen LogP contribution in [0.4, 0.5) is 0 Å². The van der Waals surface area contributed by atoms with Crippen LogP contribution in [0.15, 0.2) is 0 Å². The van der Waals surface area contributed by atoms with E-state index in [9.17, 15) is 4.79 Å². The third kappa shape index (κ3) is 0.942. The Bertz CT molecular complexity index is 86.1. The molecule has 0 N–H and O–H groups in total. The zero-order chi connectivity index (χ0) is 5.28. The molecule has 1 aliphatic rings. The zero-order valence-corrected chi connectivity index (χ0v) is 4.74. The van der Waals surface area contributed by atoms with Crippen LogP contribution in [0.25, 0.3) is 0 Å². The van der Waals surface area contributed by atoms with E-state index in [1.165, 1.54) is 6.42 Å². The predicted molar refractivity (Wildman–Crippen MR) is 28.2 cm³/mol. The van der Waals surface area contributed by atoms with Crippen molar-refractivity contribution >= 4 is 16.8 Å². The minimum absolute atomic E-state index is 0.147. The molecule has 0 radical (unpaired) electrons. The van der Waals surface area contributed by atoms with Crippen molar-refractivity contribution in [3.8, 4) is 0 Å². The van der Waals surface area contributed by atoms with Crippen LogP contribution < -0.4 is 0 Å². The van der Waals surface area contributed by atoms with Crippen LogP contribution in [0, 0.1) is 5.92 Å². The summed E-state index contributed by atoms with van der Waals surface area (Å²) in [4.78, 5) is 10.2. The van der Waals surface area contributed by atoms with Gasteiger partial charge in [0.1, 0.15) is 0 Å². The molecular weight excluding hydrogens is 111 g/mol. The minimum atomic E-state index is -0.147. The van der Waals surface area contributed by atoms with Gasteiger partial charge in [-0.1, -0.05) is 6.42 Å². The van der Waals surface area contributed by atoms with Crippen LogP contribution in [0.5, 0.6) is 0 Å². The third-order valence-electron chi connectivity index (χ3n) is 1.43. The average Bonchev–Trinajstić information content (AvgIpc) is 1.23. The summed E-state index contributed by atoms with van der Waals surface area (Å²) in [5.74, 6) is 0.210. The van der Waals surface area contributed by atoms with Crippen molar-refractivity contribution in [2.24, 2.45) is 5.92 Å². The Labute approximate surface area is 47.7 Å². The van der Waals surface area contributed by atoms with Crippen molar-refractivity contribution in [3.63, 3.8) is 0 Å². The third-order valence-corrected chi connectivity index (χ3v) is 1.73. The number of carbonyl (C=O) groups excluding carboxylic acids is 1. The molecule has 0 atom stereocenters. The van der Waals surface area contributed by atoms with Crippen molar-refractivity contribution in [2.45, 2.75) is 19.3 Å². The van der Waals surface area contributed by atoms with Gasteiger partial charge in [-0.15, -0.1) is 0 Å². The minimum Gasteiger partial charge on any atom is -0.281 e. The molecule has 0 unspecified atom stereocenters. The fourth-order valence-corrected chi connectivity index (χ4v) is 0.853. The lowest BCUT2D eigenvalue weighted by molar-refractivity contribution is -0.117. The smallest absolute Gasteiger partial charge is 0.224 e. The fraction of sp³-hybridized carbons (Fsp3) is 0.800. The zero-order valence-electron chi connectivity index (χ0n) is 3.98. The average molecular weight is 118 g/mol. The summed E-state index contributed by atoms with van der Waals surface area (Å²) < 4.78 is 0. The summed E-state index contributed by atoms with van der Waals surface area (Å²) in [5.41, 5.74) is 0. The van der Waals surface area contributed by atoms with Crippen LogP contribution in [0.1, 0.15) is 19.3 Å². The van der Waals surface area contributed by atoms with Gasteiger partial charge in [-0.05, 0) is 24.4 Å². The van der Waals surface area contributed by atoms with E-state index in [1.54, 1.807) is 0 Å². The molecule has 0 saturated heterocycles. The number of hydrogen-bond acceptors (Lipinski definition) is 1. The number of halogens is 1. The molecule has 1 fully saturated rings. The SMILES string of the molecule is O=C(Cl)[11CH]1CCC1. The van der Waals surface area contributed by atoms with Gasteiger partial charge >= 0.3 is 0 Å². The molecule has 1 nitrogen and oxygen atoms in total. The molecule has 0 bridgehead atoms. The monoisotopic (exact) mass is 117 g/mol. The quantitative estimate of drug-likeness (QED) is 0.477. The Morgan fingerprint density at radius 1 is 1.57 bits per heavy atom. The van der Waals surface area contributed by atoms with Crippen LogP contribution in [0.2, 0.25) is 0 Å². The highest BCUT2D eigenvalue weighted by atomic mass is 35.5. The topological polar surface area (TPSA) is 17.1 Å². The maximum atomic E-state index is 10.2. The summed E-state index contributed by atoms with van der Waals surface area (Å²) in [6.45, 7) is 0. The van der Waals surface area contributed by atoms with Gasteiger partial charge in [-0.3, -0.25) is 4.79 Å². The van der Waals surface area contributed by atoms with Gasteiger partial charge in [0, 0.05) is 5.92 Å². The van der Waals surface area contributed by atoms with Crippen LogP contribution in [-0.4, -0.2) is 5.24 Å². The summed E-state index contributed by atoms with van der Waals surface area (Å²) in [7, 11) is 0. The Hall–Kier alpha value is -0.0400. The molecule has 2 heteroatoms. The molecule has 0 aromatic carbocycles. The highest BCUT2D eigenvalue weighted by molar-refractivity contribution is 6.64. The van der Waals surface area contributed by atoms with Gasteiger partial charge in [0.05, 0.1) is 0 Å². The van der Waals surface area contributed by atoms with E-state index >= 15 is 0 Å². The van der Waals surface area contributed by atoms with E-state index in [2.05, 4.69) is 0 Å². The molecule has 1 aliphatic carbocycles. The van der Waals surface area contributed by atoms with E-state index in [0.29, 0.717) is 0 Å². The van der Waals surface area contributed by atoms with Crippen LogP contribution in [-0.2, 0) is 4.79 Å². The molecule has 1 saturated carbocycles. The van der Waals surface area contributed by atoms with E-state index in [0.717, 1.165) is 12.8 Å². The van der Waals surface area contributed by atoms with E-state index < -0.39 is 0 Å². The normalized spacial score (nSPS) is 21.3. The van der Waals surface area contributed by atoms with Gasteiger partial charge in [0.2, 0.25) is 5.24 Å². The first-order chi connectivity index (χ1) is 3.30. The lowest BCUT2D eigenvalue weighted by atomic mass is 9.47. The maximum Gasteiger partial charge on any atom is 0.224 e. The molecule has 0 aliphatic heterocycles. The molecule has 0 amide bonds. The molecule has 7 heavy (non-hydrogen) atoms. The van der Waals surface area contributed by atoms with Crippen LogP contribution in [0.3, 0.4) is 0 Å². The lowest BCUT2D eigenvalue weighted by Crippen LogP contribution is -2.16. The molecule has 0 spiro atoms. The molecule has 0 heterocycles. The second-order valence-electron chi connectivity index (χ2n) is 1.93. The standard InChI is InChI=1S/C5H7ClO/c6-5(7)4-2-1-3-4/h4H,1-3H2/i4-1. The van der Waals surface area contributed by atoms with E-state index in [-0.39, 0.29) is 11.2 Å². The van der Waals surface area contributed by atoms with Gasteiger partial charge in [0.15, 0.2) is 0 Å². The first-order valence-electron chi connectivity index (χ1n) is 2.50. The number of rotatable bonds is 1. The molecule has 0 aromatic rings. The number of hydrogen-bond donors (Lipinski definition) is 0. The van der Waals surface area contributed by atoms with Gasteiger partial charge in [-0.25, -0.2) is 0 Å². The first kappa shape index (κ1) is 5.10. The second-order valence-corrected chi connectivity index (χ2v) is 2.30. The molecule has 0 aromatic heterocycles. The molecule has 1 rings (SSSR count). The first-order valence-corrected chi connectivity index (χ1v) is 2.88. The highest BCUT2D eigenvalue weighted by Gasteiger charge is 2.22. The summed E-state index contributed by atoms with van der Waals surface area (Å²) >= 11 is 5.14. The Morgan fingerprint density at radius 3 is 2.14 bits per heavy atom. The van der Waals surface area contributed by atoms with Gasteiger partial charge in [-0.2, -0.15) is 0 Å². The Kier molecular flexibility index (Phi) is 1.33. The van der Waals surface area contributed by atoms with Crippen molar-refractivity contribution in [1.29, 1.82) is 0 Å². The summed E-state index contributed by atoms with van der Waals surface area (Å²) in [6.07, 6.45) is 3.22. The lowest BCUT2D eigenvalue weighted by Gasteiger charge is -2.19. The summed E-state index contributed by atoms with van der Waals surface area (Å²) in [6, 6.07) is 0. The second kappa shape index (κ2) is 1.83. The molecule has 40 valence electrons. The maximum absolute atomic E-state index is 10.2.